The first kappa shape index (κ1) is 45.6. The molecule has 1 aromatic heterocycles. The van der Waals surface area contributed by atoms with E-state index < -0.39 is 70.6 Å². The number of carbonyl (C=O) groups is 5. The van der Waals surface area contributed by atoms with Crippen molar-refractivity contribution in [2.24, 2.45) is 5.16 Å². The summed E-state index contributed by atoms with van der Waals surface area (Å²) in [5, 5.41) is 20.0. The van der Waals surface area contributed by atoms with Crippen LogP contribution in [0.15, 0.2) is 174 Å². The van der Waals surface area contributed by atoms with E-state index in [0.717, 1.165) is 60.9 Å². The number of benzene rings is 6. The molecule has 0 aliphatic carbocycles. The number of esters is 4. The van der Waals surface area contributed by atoms with Crippen LogP contribution in [-0.2, 0) is 39.1 Å². The fraction of sp³-hybridized carbons (Fsp3) is 0.118. The van der Waals surface area contributed by atoms with Crippen molar-refractivity contribution in [2.75, 3.05) is 5.32 Å². The first-order valence-electron chi connectivity index (χ1n) is 20.3. The third kappa shape index (κ3) is 10.7. The van der Waals surface area contributed by atoms with Crippen molar-refractivity contribution < 1.29 is 52.9 Å². The summed E-state index contributed by atoms with van der Waals surface area (Å²) in [6, 6.07) is 49.1. The minimum Gasteiger partial charge on any atom is -0.476 e. The van der Waals surface area contributed by atoms with E-state index in [1.807, 2.05) is 91.0 Å². The number of oxime groups is 1. The number of carboxylic acid groups (broad SMARTS) is 1. The predicted molar refractivity (Wildman–Crippen MR) is 244 cm³/mol. The van der Waals surface area contributed by atoms with Gasteiger partial charge in [-0.15, -0.1) is 11.3 Å². The predicted octanol–water partition coefficient (Wildman–Crippen LogP) is 9.20. The topological polar surface area (TPSA) is 189 Å². The molecule has 0 bridgehead atoms. The summed E-state index contributed by atoms with van der Waals surface area (Å²) in [5.41, 5.74) is 1.77. The highest BCUT2D eigenvalue weighted by Crippen LogP contribution is 2.43. The van der Waals surface area contributed by atoms with Crippen molar-refractivity contribution >= 4 is 52.0 Å². The molecule has 0 spiro atoms. The van der Waals surface area contributed by atoms with E-state index in [9.17, 15) is 29.1 Å². The Labute approximate surface area is 383 Å². The van der Waals surface area contributed by atoms with Gasteiger partial charge in [0.2, 0.25) is 17.6 Å². The molecule has 332 valence electrons. The highest BCUT2D eigenvalue weighted by Gasteiger charge is 2.38. The summed E-state index contributed by atoms with van der Waals surface area (Å²) in [6.45, 7) is 3.23. The van der Waals surface area contributed by atoms with Crippen LogP contribution in [-0.4, -0.2) is 45.6 Å². The van der Waals surface area contributed by atoms with Gasteiger partial charge in [-0.05, 0) is 39.9 Å². The summed E-state index contributed by atoms with van der Waals surface area (Å²) in [4.78, 5) is 75.2. The summed E-state index contributed by atoms with van der Waals surface area (Å²) < 4.78 is 22.2. The van der Waals surface area contributed by atoms with E-state index >= 15 is 0 Å². The van der Waals surface area contributed by atoms with Gasteiger partial charge in [0.1, 0.15) is 11.2 Å². The Morgan fingerprint density at radius 2 is 1.03 bits per heavy atom. The number of nitrogens with one attached hydrogen (secondary N) is 1. The highest BCUT2D eigenvalue weighted by molar-refractivity contribution is 7.14. The van der Waals surface area contributed by atoms with Gasteiger partial charge in [0.15, 0.2) is 22.7 Å². The number of aromatic nitrogens is 1. The second kappa shape index (κ2) is 20.8. The molecule has 0 saturated carbocycles. The van der Waals surface area contributed by atoms with Gasteiger partial charge in [0.05, 0.1) is 0 Å². The van der Waals surface area contributed by atoms with Crippen molar-refractivity contribution in [3.05, 3.63) is 208 Å². The standard InChI is InChI=1S/C51H41N3O11S/c1-32(55)61-42-29-37(30-43(62-33(2)56)47(42)63-34(3)57)46(49(60)64-45(35-19-9-4-10-20-35)36-21-11-5-12-22-36)65-54-44(48(58)59)41-31-66-50(52-41)53-51(38-23-13-6-14-24-38,39-25-15-7-16-26-39)40-27-17-8-18-28-40/h4-31,45-46H,1-3H3,(H,52,53)(H,58,59)/b54-44+. The molecule has 66 heavy (non-hydrogen) atoms. The van der Waals surface area contributed by atoms with Crippen LogP contribution in [0, 0.1) is 0 Å². The number of thiazole rings is 1. The molecule has 2 N–H and O–H groups in total. The maximum atomic E-state index is 14.6. The molecule has 15 heteroatoms. The monoisotopic (exact) mass is 903 g/mol. The zero-order chi connectivity index (χ0) is 46.6. The summed E-state index contributed by atoms with van der Waals surface area (Å²) in [5.74, 6) is -6.56. The minimum absolute atomic E-state index is 0.122. The SMILES string of the molecule is CC(=O)Oc1cc(C(O/N=C(/C(=O)O)c2csc(NC(c3ccccc3)(c3ccccc3)c3ccccc3)n2)C(=O)OC(c2ccccc2)c2ccccc2)cc(OC(C)=O)c1OC(C)=O. The van der Waals surface area contributed by atoms with Crippen LogP contribution in [0.2, 0.25) is 0 Å². The van der Waals surface area contributed by atoms with E-state index in [1.165, 1.54) is 5.38 Å². The molecule has 0 amide bonds. The average molecular weight is 904 g/mol. The third-order valence-electron chi connectivity index (χ3n) is 9.87. The summed E-state index contributed by atoms with van der Waals surface area (Å²) >= 11 is 1.12. The van der Waals surface area contributed by atoms with Crippen molar-refractivity contribution in [1.29, 1.82) is 0 Å². The molecular weight excluding hydrogens is 863 g/mol. The number of nitrogens with zero attached hydrogens (tertiary/aromatic N) is 2. The first-order valence-corrected chi connectivity index (χ1v) is 21.2. The number of ether oxygens (including phenoxy) is 4. The fourth-order valence-corrected chi connectivity index (χ4v) is 7.89. The van der Waals surface area contributed by atoms with Crippen molar-refractivity contribution in [1.82, 2.24) is 4.98 Å². The fourth-order valence-electron chi connectivity index (χ4n) is 7.14. The molecule has 0 saturated heterocycles. The van der Waals surface area contributed by atoms with Crippen LogP contribution in [0.25, 0.3) is 0 Å². The van der Waals surface area contributed by atoms with Gasteiger partial charge in [-0.1, -0.05) is 157 Å². The Morgan fingerprint density at radius 1 is 0.606 bits per heavy atom. The number of carboxylic acids is 1. The Balaban J connectivity index is 1.33. The Hall–Kier alpha value is -8.43. The Bertz CT molecular complexity index is 2680. The zero-order valence-electron chi connectivity index (χ0n) is 35.7. The van der Waals surface area contributed by atoms with Crippen LogP contribution in [0.4, 0.5) is 5.13 Å². The summed E-state index contributed by atoms with van der Waals surface area (Å²) in [7, 11) is 0. The normalized spacial score (nSPS) is 11.8. The zero-order valence-corrected chi connectivity index (χ0v) is 36.5. The van der Waals surface area contributed by atoms with Crippen LogP contribution in [0.3, 0.4) is 0 Å². The van der Waals surface area contributed by atoms with Gasteiger partial charge in [-0.25, -0.2) is 14.6 Å². The third-order valence-corrected chi connectivity index (χ3v) is 10.6. The van der Waals surface area contributed by atoms with Gasteiger partial charge in [-0.2, -0.15) is 0 Å². The number of rotatable bonds is 17. The number of carbonyl (C=O) groups excluding carboxylic acids is 4. The number of aliphatic carboxylic acids is 1. The molecule has 7 aromatic rings. The van der Waals surface area contributed by atoms with E-state index in [2.05, 4.69) is 15.5 Å². The molecule has 7 rings (SSSR count). The lowest BCUT2D eigenvalue weighted by molar-refractivity contribution is -0.162. The highest BCUT2D eigenvalue weighted by atomic mass is 32.1. The molecule has 1 atom stereocenters. The number of hydrogen-bond donors (Lipinski definition) is 2. The van der Waals surface area contributed by atoms with Crippen LogP contribution < -0.4 is 19.5 Å². The lowest BCUT2D eigenvalue weighted by Gasteiger charge is -2.36. The van der Waals surface area contributed by atoms with Crippen molar-refractivity contribution in [3.8, 4) is 17.2 Å². The smallest absolute Gasteiger partial charge is 0.360 e. The largest absolute Gasteiger partial charge is 0.476 e. The van der Waals surface area contributed by atoms with E-state index in [4.69, 9.17) is 23.8 Å². The van der Waals surface area contributed by atoms with Gasteiger partial charge >= 0.3 is 29.8 Å². The molecule has 0 radical (unpaired) electrons. The molecular formula is C51H41N3O11S. The molecule has 0 aliphatic rings. The molecule has 0 aliphatic heterocycles. The van der Waals surface area contributed by atoms with Gasteiger partial charge in [-0.3, -0.25) is 14.4 Å². The lowest BCUT2D eigenvalue weighted by atomic mass is 9.77. The quantitative estimate of drug-likeness (QED) is 0.0290. The van der Waals surface area contributed by atoms with Crippen LogP contribution in [0.5, 0.6) is 17.2 Å². The molecule has 14 nitrogen and oxygen atoms in total. The molecule has 0 fully saturated rings. The van der Waals surface area contributed by atoms with Crippen LogP contribution in [0.1, 0.15) is 72.1 Å². The van der Waals surface area contributed by atoms with E-state index in [-0.39, 0.29) is 11.3 Å². The molecule has 1 unspecified atom stereocenters. The maximum Gasteiger partial charge on any atom is 0.360 e. The first-order chi connectivity index (χ1) is 31.9. The van der Waals surface area contributed by atoms with E-state index in [0.29, 0.717) is 16.3 Å². The Kier molecular flexibility index (Phi) is 14.4. The number of hydrogen-bond acceptors (Lipinski definition) is 14. The molecule has 6 aromatic carbocycles. The second-order valence-electron chi connectivity index (χ2n) is 14.5. The van der Waals surface area contributed by atoms with E-state index in [1.54, 1.807) is 60.7 Å². The van der Waals surface area contributed by atoms with Gasteiger partial charge in [0.25, 0.3) is 0 Å². The van der Waals surface area contributed by atoms with Crippen molar-refractivity contribution in [2.45, 2.75) is 38.5 Å². The number of anilines is 1. The van der Waals surface area contributed by atoms with Crippen molar-refractivity contribution in [3.63, 3.8) is 0 Å². The second-order valence-corrected chi connectivity index (χ2v) is 15.4. The average Bonchev–Trinajstić information content (AvgIpc) is 3.78. The Morgan fingerprint density at radius 3 is 1.44 bits per heavy atom. The maximum absolute atomic E-state index is 14.6. The lowest BCUT2D eigenvalue weighted by Crippen LogP contribution is -2.38. The molecule has 1 heterocycles. The summed E-state index contributed by atoms with van der Waals surface area (Å²) in [6.07, 6.45) is -2.95. The van der Waals surface area contributed by atoms with Gasteiger partial charge < -0.3 is 34.2 Å². The minimum atomic E-state index is -1.94. The van der Waals surface area contributed by atoms with Crippen LogP contribution >= 0.6 is 11.3 Å². The van der Waals surface area contributed by atoms with Gasteiger partial charge in [0, 0.05) is 31.7 Å².